The number of aliphatic hydroxyl groups excluding tert-OH is 4. The third kappa shape index (κ3) is 6.58. The lowest BCUT2D eigenvalue weighted by Gasteiger charge is -2.40. The van der Waals surface area contributed by atoms with Crippen LogP contribution in [0.5, 0.6) is 5.75 Å². The molecule has 0 radical (unpaired) electrons. The van der Waals surface area contributed by atoms with E-state index in [0.29, 0.717) is 11.3 Å². The first-order chi connectivity index (χ1) is 18.6. The first kappa shape index (κ1) is 29.3. The summed E-state index contributed by atoms with van der Waals surface area (Å²) in [5, 5.41) is 51.4. The van der Waals surface area contributed by atoms with E-state index in [1.54, 1.807) is 19.9 Å². The van der Waals surface area contributed by atoms with Crippen LogP contribution < -0.4 is 4.74 Å². The Bertz CT molecular complexity index is 1150. The molecule has 2 aliphatic heterocycles. The second-order valence-corrected chi connectivity index (χ2v) is 10.3. The van der Waals surface area contributed by atoms with Crippen molar-refractivity contribution in [3.63, 3.8) is 0 Å². The van der Waals surface area contributed by atoms with E-state index in [1.165, 1.54) is 0 Å². The van der Waals surface area contributed by atoms with Gasteiger partial charge >= 0.3 is 5.97 Å². The molecule has 39 heavy (non-hydrogen) atoms. The number of carbonyl (C=O) groups excluding carboxylic acids is 1. The Morgan fingerprint density at radius 3 is 2.41 bits per heavy atom. The minimum absolute atomic E-state index is 0.0119. The number of Topliss-reactive ketones (excluding diaryl/α,β-unsaturated/α-hetero) is 1. The molecule has 0 bridgehead atoms. The van der Waals surface area contributed by atoms with Gasteiger partial charge in [-0.1, -0.05) is 37.3 Å². The van der Waals surface area contributed by atoms with E-state index in [1.807, 2.05) is 30.3 Å². The molecule has 0 amide bonds. The standard InChI is InChI=1S/C28H36O11/c1-14-20(38-15(2)27(34)26(14)33)9-17(30)12-36-19-8-7-16-5-3-4-6-18(16)25(19)21-10-22(37-13-24(31)32)28(35)23(11-29)39-21/h3-8,14-15,20-23,26-29,33-35H,9-13H2,1-2H3,(H,31,32)/t14?,15-,20?,21?,22?,23?,26-,27+,28-/m0/s1. The predicted octanol–water partition coefficient (Wildman–Crippen LogP) is 0.976. The first-order valence-electron chi connectivity index (χ1n) is 13.1. The van der Waals surface area contributed by atoms with Crippen molar-refractivity contribution in [1.29, 1.82) is 0 Å². The lowest BCUT2D eigenvalue weighted by Crippen LogP contribution is -2.52. The van der Waals surface area contributed by atoms with Gasteiger partial charge in [0.1, 0.15) is 37.3 Å². The second-order valence-electron chi connectivity index (χ2n) is 10.3. The van der Waals surface area contributed by atoms with Crippen molar-refractivity contribution < 1.29 is 54.1 Å². The van der Waals surface area contributed by atoms with E-state index in [4.69, 9.17) is 24.1 Å². The SMILES string of the molecule is CC1C(CC(=O)COc2ccc3ccccc3c2C2CC(OCC(=O)O)[C@H](O)C(CO)O2)O[C@@H](C)[C@@H](O)[C@H]1O. The van der Waals surface area contributed by atoms with Gasteiger partial charge in [0.2, 0.25) is 0 Å². The Hall–Kier alpha value is -2.64. The van der Waals surface area contributed by atoms with Crippen LogP contribution in [0.3, 0.4) is 0 Å². The Morgan fingerprint density at radius 2 is 1.69 bits per heavy atom. The summed E-state index contributed by atoms with van der Waals surface area (Å²) in [4.78, 5) is 24.0. The van der Waals surface area contributed by atoms with Gasteiger partial charge in [0.15, 0.2) is 5.78 Å². The van der Waals surface area contributed by atoms with Gasteiger partial charge in [-0.05, 0) is 23.8 Å². The quantitative estimate of drug-likeness (QED) is 0.286. The van der Waals surface area contributed by atoms with Crippen LogP contribution in [-0.2, 0) is 23.8 Å². The number of rotatable bonds is 10. The molecule has 2 heterocycles. The fraction of sp³-hybridized carbons (Fsp3) is 0.571. The van der Waals surface area contributed by atoms with Crippen molar-refractivity contribution in [2.24, 2.45) is 5.92 Å². The second kappa shape index (κ2) is 12.7. The number of carbonyl (C=O) groups is 2. The average molecular weight is 549 g/mol. The van der Waals surface area contributed by atoms with Gasteiger partial charge in [0.05, 0.1) is 37.1 Å². The van der Waals surface area contributed by atoms with Crippen LogP contribution in [0.1, 0.15) is 38.4 Å². The molecule has 2 fully saturated rings. The lowest BCUT2D eigenvalue weighted by atomic mass is 9.86. The lowest BCUT2D eigenvalue weighted by molar-refractivity contribution is -0.198. The summed E-state index contributed by atoms with van der Waals surface area (Å²) >= 11 is 0. The highest BCUT2D eigenvalue weighted by Gasteiger charge is 2.42. The third-order valence-electron chi connectivity index (χ3n) is 7.56. The van der Waals surface area contributed by atoms with Crippen LogP contribution in [0.2, 0.25) is 0 Å². The fourth-order valence-corrected chi connectivity index (χ4v) is 5.32. The van der Waals surface area contributed by atoms with Crippen molar-refractivity contribution in [1.82, 2.24) is 0 Å². The van der Waals surface area contributed by atoms with Gasteiger partial charge in [-0.25, -0.2) is 4.79 Å². The first-order valence-corrected chi connectivity index (χ1v) is 13.1. The number of hydrogen-bond donors (Lipinski definition) is 5. The summed E-state index contributed by atoms with van der Waals surface area (Å²) in [6.45, 7) is 1.94. The predicted molar refractivity (Wildman–Crippen MR) is 137 cm³/mol. The van der Waals surface area contributed by atoms with Crippen molar-refractivity contribution in [2.75, 3.05) is 19.8 Å². The molecule has 5 unspecified atom stereocenters. The molecule has 0 spiro atoms. The highest BCUT2D eigenvalue weighted by atomic mass is 16.6. The molecule has 11 nitrogen and oxygen atoms in total. The van der Waals surface area contributed by atoms with E-state index in [0.717, 1.165) is 10.8 Å². The molecular formula is C28H36O11. The number of carboxylic acids is 1. The van der Waals surface area contributed by atoms with Gasteiger partial charge in [0, 0.05) is 24.3 Å². The summed E-state index contributed by atoms with van der Waals surface area (Å²) in [7, 11) is 0. The molecule has 4 rings (SSSR count). The topological polar surface area (TPSA) is 172 Å². The van der Waals surface area contributed by atoms with E-state index in [2.05, 4.69) is 0 Å². The Labute approximate surface area is 225 Å². The van der Waals surface area contributed by atoms with Crippen molar-refractivity contribution in [2.45, 2.75) is 75.5 Å². The third-order valence-corrected chi connectivity index (χ3v) is 7.56. The molecule has 0 saturated carbocycles. The Morgan fingerprint density at radius 1 is 0.949 bits per heavy atom. The zero-order chi connectivity index (χ0) is 28.3. The highest BCUT2D eigenvalue weighted by Crippen LogP contribution is 2.41. The van der Waals surface area contributed by atoms with Crippen LogP contribution in [-0.4, -0.2) is 99.8 Å². The Kier molecular flexibility index (Phi) is 9.55. The average Bonchev–Trinajstić information content (AvgIpc) is 2.92. The summed E-state index contributed by atoms with van der Waals surface area (Å²) < 4.78 is 23.2. The largest absolute Gasteiger partial charge is 0.485 e. The van der Waals surface area contributed by atoms with E-state index < -0.39 is 73.9 Å². The number of ketones is 1. The van der Waals surface area contributed by atoms with E-state index >= 15 is 0 Å². The normalized spacial score (nSPS) is 33.1. The molecule has 11 heteroatoms. The van der Waals surface area contributed by atoms with Gasteiger partial charge in [-0.15, -0.1) is 0 Å². The van der Waals surface area contributed by atoms with Crippen molar-refractivity contribution in [3.8, 4) is 5.75 Å². The van der Waals surface area contributed by atoms with Gasteiger partial charge < -0.3 is 44.5 Å². The summed E-state index contributed by atoms with van der Waals surface area (Å²) in [5.74, 6) is -1.54. The Balaban J connectivity index is 1.55. The minimum atomic E-state index is -1.24. The molecule has 5 N–H and O–H groups in total. The maximum Gasteiger partial charge on any atom is 0.329 e. The van der Waals surface area contributed by atoms with Crippen LogP contribution in [0.25, 0.3) is 10.8 Å². The van der Waals surface area contributed by atoms with E-state index in [9.17, 15) is 30.0 Å². The molecule has 2 saturated heterocycles. The monoisotopic (exact) mass is 548 g/mol. The van der Waals surface area contributed by atoms with Crippen LogP contribution in [0.4, 0.5) is 0 Å². The maximum absolute atomic E-state index is 12.9. The number of aliphatic hydroxyl groups is 4. The van der Waals surface area contributed by atoms with Gasteiger partial charge in [-0.3, -0.25) is 4.79 Å². The molecular weight excluding hydrogens is 512 g/mol. The smallest absolute Gasteiger partial charge is 0.329 e. The highest BCUT2D eigenvalue weighted by molar-refractivity contribution is 5.88. The summed E-state index contributed by atoms with van der Waals surface area (Å²) in [6.07, 6.45) is -7.06. The molecule has 2 aromatic carbocycles. The number of ether oxygens (including phenoxy) is 4. The van der Waals surface area contributed by atoms with Gasteiger partial charge in [0.25, 0.3) is 0 Å². The molecule has 2 aromatic rings. The van der Waals surface area contributed by atoms with Gasteiger partial charge in [-0.2, -0.15) is 0 Å². The molecule has 0 aromatic heterocycles. The molecule has 214 valence electrons. The number of carboxylic acid groups (broad SMARTS) is 1. The summed E-state index contributed by atoms with van der Waals surface area (Å²) in [6, 6.07) is 11.0. The minimum Gasteiger partial charge on any atom is -0.485 e. The number of aliphatic carboxylic acids is 1. The van der Waals surface area contributed by atoms with Crippen LogP contribution in [0, 0.1) is 5.92 Å². The summed E-state index contributed by atoms with van der Waals surface area (Å²) in [5.41, 5.74) is 0.588. The van der Waals surface area contributed by atoms with Crippen molar-refractivity contribution >= 4 is 22.5 Å². The number of benzene rings is 2. The number of hydrogen-bond acceptors (Lipinski definition) is 10. The molecule has 0 aliphatic carbocycles. The van der Waals surface area contributed by atoms with Crippen LogP contribution >= 0.6 is 0 Å². The zero-order valence-electron chi connectivity index (χ0n) is 21.9. The number of fused-ring (bicyclic) bond motifs is 1. The molecule has 9 atom stereocenters. The van der Waals surface area contributed by atoms with E-state index in [-0.39, 0.29) is 25.2 Å². The fourth-order valence-electron chi connectivity index (χ4n) is 5.32. The van der Waals surface area contributed by atoms with Crippen molar-refractivity contribution in [3.05, 3.63) is 42.0 Å². The maximum atomic E-state index is 12.9. The molecule has 2 aliphatic rings. The van der Waals surface area contributed by atoms with Crippen LogP contribution in [0.15, 0.2) is 36.4 Å². The zero-order valence-corrected chi connectivity index (χ0v) is 21.9.